The van der Waals surface area contributed by atoms with E-state index in [9.17, 15) is 9.90 Å². The zero-order chi connectivity index (χ0) is 18.2. The van der Waals surface area contributed by atoms with Crippen LogP contribution in [0.3, 0.4) is 0 Å². The van der Waals surface area contributed by atoms with Gasteiger partial charge in [-0.25, -0.2) is 0 Å². The molecular weight excluding hydrogens is 334 g/mol. The number of aliphatic hydroxyl groups is 1. The van der Waals surface area contributed by atoms with Crippen LogP contribution in [0.1, 0.15) is 32.1 Å². The third-order valence-electron chi connectivity index (χ3n) is 5.32. The Labute approximate surface area is 152 Å². The quantitative estimate of drug-likeness (QED) is 0.878. The van der Waals surface area contributed by atoms with Gasteiger partial charge in [-0.05, 0) is 6.42 Å². The number of aryl methyl sites for hydroxylation is 1. The normalized spacial score (nSPS) is 24.0. The minimum absolute atomic E-state index is 0.0469. The summed E-state index contributed by atoms with van der Waals surface area (Å²) in [6.45, 7) is 3.41. The number of ether oxygens (including phenoxy) is 1. The molecule has 7 nitrogen and oxygen atoms in total. The van der Waals surface area contributed by atoms with E-state index in [-0.39, 0.29) is 11.5 Å². The number of likely N-dealkylation sites (tertiary alicyclic amines) is 1. The highest BCUT2D eigenvalue weighted by Crippen LogP contribution is 2.41. The third-order valence-corrected chi connectivity index (χ3v) is 5.32. The summed E-state index contributed by atoms with van der Waals surface area (Å²) in [6, 6.07) is 9.59. The van der Waals surface area contributed by atoms with Crippen molar-refractivity contribution in [3.05, 3.63) is 36.2 Å². The molecule has 0 bridgehead atoms. The molecule has 2 saturated heterocycles. The number of carbonyl (C=O) groups excluding carboxylic acids is 1. The number of rotatable bonds is 5. The van der Waals surface area contributed by atoms with Gasteiger partial charge in [-0.2, -0.15) is 4.98 Å². The van der Waals surface area contributed by atoms with Crippen LogP contribution in [0.2, 0.25) is 0 Å². The zero-order valence-corrected chi connectivity index (χ0v) is 14.9. The molecule has 1 aromatic carbocycles. The number of benzene rings is 1. The van der Waals surface area contributed by atoms with Crippen LogP contribution in [0, 0.1) is 0 Å². The third kappa shape index (κ3) is 3.24. The van der Waals surface area contributed by atoms with Gasteiger partial charge in [0.25, 0.3) is 0 Å². The molecule has 0 saturated carbocycles. The molecule has 1 spiro atoms. The van der Waals surface area contributed by atoms with Crippen molar-refractivity contribution in [1.29, 1.82) is 0 Å². The van der Waals surface area contributed by atoms with Crippen LogP contribution in [-0.4, -0.2) is 57.0 Å². The Morgan fingerprint density at radius 3 is 2.77 bits per heavy atom. The van der Waals surface area contributed by atoms with Crippen LogP contribution in [0.25, 0.3) is 11.4 Å². The summed E-state index contributed by atoms with van der Waals surface area (Å²) in [4.78, 5) is 18.5. The molecule has 2 aliphatic rings. The highest BCUT2D eigenvalue weighted by molar-refractivity contribution is 5.77. The van der Waals surface area contributed by atoms with Gasteiger partial charge in [-0.15, -0.1) is 0 Å². The second-order valence-corrected chi connectivity index (χ2v) is 7.35. The summed E-state index contributed by atoms with van der Waals surface area (Å²) in [5, 5.41) is 14.3. The number of amides is 1. The molecule has 0 radical (unpaired) electrons. The van der Waals surface area contributed by atoms with E-state index in [2.05, 4.69) is 10.1 Å². The van der Waals surface area contributed by atoms with E-state index < -0.39 is 5.60 Å². The first-order valence-electron chi connectivity index (χ1n) is 9.03. The maximum Gasteiger partial charge on any atom is 0.227 e. The van der Waals surface area contributed by atoms with Crippen LogP contribution in [0.15, 0.2) is 34.9 Å². The molecule has 7 heteroatoms. The van der Waals surface area contributed by atoms with Gasteiger partial charge < -0.3 is 19.3 Å². The molecule has 26 heavy (non-hydrogen) atoms. The topological polar surface area (TPSA) is 88.7 Å². The highest BCUT2D eigenvalue weighted by Gasteiger charge is 2.55. The lowest BCUT2D eigenvalue weighted by molar-refractivity contribution is -0.157. The lowest BCUT2D eigenvalue weighted by Crippen LogP contribution is -2.63. The second kappa shape index (κ2) is 6.48. The summed E-state index contributed by atoms with van der Waals surface area (Å²) in [7, 11) is 0. The smallest absolute Gasteiger partial charge is 0.227 e. The summed E-state index contributed by atoms with van der Waals surface area (Å²) in [6.07, 6.45) is 2.01. The molecule has 3 heterocycles. The van der Waals surface area contributed by atoms with E-state index in [1.165, 1.54) is 0 Å². The summed E-state index contributed by atoms with van der Waals surface area (Å²) in [5.74, 6) is 1.05. The van der Waals surface area contributed by atoms with Gasteiger partial charge in [-0.1, -0.05) is 42.4 Å². The molecule has 1 atom stereocenters. The van der Waals surface area contributed by atoms with Crippen molar-refractivity contribution < 1.29 is 19.2 Å². The fourth-order valence-electron chi connectivity index (χ4n) is 3.68. The van der Waals surface area contributed by atoms with E-state index in [0.29, 0.717) is 57.1 Å². The van der Waals surface area contributed by atoms with E-state index in [1.54, 1.807) is 4.90 Å². The lowest BCUT2D eigenvalue weighted by Gasteiger charge is -2.47. The maximum atomic E-state index is 12.4. The average molecular weight is 357 g/mol. The SMILES string of the molecule is CCC1(O)COC2(CN(C(=O)CCc3nc(-c4ccccc4)no3)C2)C1. The Morgan fingerprint density at radius 2 is 2.08 bits per heavy atom. The minimum Gasteiger partial charge on any atom is -0.387 e. The van der Waals surface area contributed by atoms with Crippen LogP contribution in [0.5, 0.6) is 0 Å². The molecule has 1 aromatic heterocycles. The first kappa shape index (κ1) is 17.2. The largest absolute Gasteiger partial charge is 0.387 e. The van der Waals surface area contributed by atoms with E-state index in [4.69, 9.17) is 9.26 Å². The van der Waals surface area contributed by atoms with Gasteiger partial charge in [0, 0.05) is 24.8 Å². The Morgan fingerprint density at radius 1 is 1.31 bits per heavy atom. The van der Waals surface area contributed by atoms with Crippen molar-refractivity contribution in [3.8, 4) is 11.4 Å². The van der Waals surface area contributed by atoms with Crippen LogP contribution in [0.4, 0.5) is 0 Å². The Bertz CT molecular complexity index is 785. The first-order chi connectivity index (χ1) is 12.5. The highest BCUT2D eigenvalue weighted by atomic mass is 16.5. The fraction of sp³-hybridized carbons (Fsp3) is 0.526. The van der Waals surface area contributed by atoms with Gasteiger partial charge in [-0.3, -0.25) is 4.79 Å². The van der Waals surface area contributed by atoms with Crippen LogP contribution >= 0.6 is 0 Å². The van der Waals surface area contributed by atoms with Crippen molar-refractivity contribution in [3.63, 3.8) is 0 Å². The molecule has 4 rings (SSSR count). The van der Waals surface area contributed by atoms with Crippen molar-refractivity contribution >= 4 is 5.91 Å². The summed E-state index contributed by atoms with van der Waals surface area (Å²) in [5.41, 5.74) is -0.210. The Balaban J connectivity index is 1.28. The monoisotopic (exact) mass is 357 g/mol. The molecule has 0 aliphatic carbocycles. The number of hydrogen-bond donors (Lipinski definition) is 1. The molecule has 138 valence electrons. The molecule has 1 amide bonds. The van der Waals surface area contributed by atoms with Crippen molar-refractivity contribution in [2.24, 2.45) is 0 Å². The maximum absolute atomic E-state index is 12.4. The number of hydrogen-bond acceptors (Lipinski definition) is 6. The summed E-state index contributed by atoms with van der Waals surface area (Å²) >= 11 is 0. The fourth-order valence-corrected chi connectivity index (χ4v) is 3.68. The van der Waals surface area contributed by atoms with Gasteiger partial charge >= 0.3 is 0 Å². The first-order valence-corrected chi connectivity index (χ1v) is 9.03. The summed E-state index contributed by atoms with van der Waals surface area (Å²) < 4.78 is 11.0. The molecule has 2 fully saturated rings. The van der Waals surface area contributed by atoms with E-state index >= 15 is 0 Å². The van der Waals surface area contributed by atoms with Crippen molar-refractivity contribution in [1.82, 2.24) is 15.0 Å². The van der Waals surface area contributed by atoms with Crippen LogP contribution < -0.4 is 0 Å². The van der Waals surface area contributed by atoms with Gasteiger partial charge in [0.2, 0.25) is 17.6 Å². The van der Waals surface area contributed by atoms with Crippen LogP contribution in [-0.2, 0) is 16.0 Å². The number of nitrogens with zero attached hydrogens (tertiary/aromatic N) is 3. The van der Waals surface area contributed by atoms with Crippen molar-refractivity contribution in [2.45, 2.75) is 43.8 Å². The second-order valence-electron chi connectivity index (χ2n) is 7.35. The van der Waals surface area contributed by atoms with Gasteiger partial charge in [0.1, 0.15) is 5.60 Å². The molecular formula is C19H23N3O4. The standard InChI is InChI=1S/C19H23N3O4/c1-2-18(24)10-19(25-13-18)11-22(12-19)16(23)9-8-15-20-17(21-26-15)14-6-4-3-5-7-14/h3-7,24H,2,8-13H2,1H3. The zero-order valence-electron chi connectivity index (χ0n) is 14.9. The molecule has 1 N–H and O–H groups in total. The predicted octanol–water partition coefficient (Wildman–Crippen LogP) is 1.81. The number of carbonyl (C=O) groups is 1. The molecule has 2 aliphatic heterocycles. The molecule has 1 unspecified atom stereocenters. The minimum atomic E-state index is -0.743. The Hall–Kier alpha value is -2.25. The lowest BCUT2D eigenvalue weighted by atomic mass is 9.83. The predicted molar refractivity (Wildman–Crippen MR) is 93.2 cm³/mol. The average Bonchev–Trinajstić information content (AvgIpc) is 3.25. The molecule has 2 aromatic rings. The number of aromatic nitrogens is 2. The van der Waals surface area contributed by atoms with Gasteiger partial charge in [0.15, 0.2) is 0 Å². The van der Waals surface area contributed by atoms with E-state index in [0.717, 1.165) is 5.56 Å². The van der Waals surface area contributed by atoms with Gasteiger partial charge in [0.05, 0.1) is 25.3 Å². The van der Waals surface area contributed by atoms with E-state index in [1.807, 2.05) is 37.3 Å². The van der Waals surface area contributed by atoms with Crippen molar-refractivity contribution in [2.75, 3.05) is 19.7 Å². The Kier molecular flexibility index (Phi) is 4.28.